The van der Waals surface area contributed by atoms with Gasteiger partial charge in [0.25, 0.3) is 0 Å². The lowest BCUT2D eigenvalue weighted by molar-refractivity contribution is 0.0567. The minimum Gasteiger partial charge on any atom is -0.511 e. The third kappa shape index (κ3) is 3.41. The van der Waals surface area contributed by atoms with E-state index in [2.05, 4.69) is 0 Å². The Labute approximate surface area is 241 Å². The number of aliphatic hydroxyl groups is 2. The molecule has 5 aromatic carbocycles. The molecule has 10 heteroatoms. The van der Waals surface area contributed by atoms with Crippen LogP contribution in [0.25, 0.3) is 60.0 Å². The Balaban J connectivity index is 1.93. The first-order chi connectivity index (χ1) is 20.4. The van der Waals surface area contributed by atoms with Gasteiger partial charge in [-0.1, -0.05) is 0 Å². The van der Waals surface area contributed by atoms with Gasteiger partial charge in [-0.25, -0.2) is 0 Å². The summed E-state index contributed by atoms with van der Waals surface area (Å²) in [6, 6.07) is 5.90. The summed E-state index contributed by atoms with van der Waals surface area (Å²) < 4.78 is 22.9. The zero-order valence-corrected chi connectivity index (χ0v) is 23.9. The second kappa shape index (κ2) is 8.71. The molecule has 1 heterocycles. The van der Waals surface area contributed by atoms with Crippen molar-refractivity contribution in [1.29, 1.82) is 0 Å². The summed E-state index contributed by atoms with van der Waals surface area (Å²) in [5.74, 6) is -0.186. The summed E-state index contributed by atoms with van der Waals surface area (Å²) in [7, 11) is 4.20. The maximum atomic E-state index is 14.4. The molecule has 1 unspecified atom stereocenters. The van der Waals surface area contributed by atoms with E-state index in [4.69, 9.17) is 18.6 Å². The largest absolute Gasteiger partial charge is 0.511 e. The molecule has 1 atom stereocenters. The lowest BCUT2D eigenvalue weighted by Crippen LogP contribution is -2.42. The molecule has 1 aromatic heterocycles. The summed E-state index contributed by atoms with van der Waals surface area (Å²) in [5.41, 5.74) is -2.16. The first-order valence-corrected chi connectivity index (χ1v) is 13.5. The van der Waals surface area contributed by atoms with Crippen LogP contribution in [0.1, 0.15) is 24.5 Å². The summed E-state index contributed by atoms with van der Waals surface area (Å²) in [6.45, 7) is 3.31. The van der Waals surface area contributed by atoms with Gasteiger partial charge in [-0.2, -0.15) is 0 Å². The molecule has 1 aliphatic carbocycles. The molecular formula is C33H26O10. The van der Waals surface area contributed by atoms with Crippen LogP contribution in [-0.4, -0.2) is 42.3 Å². The van der Waals surface area contributed by atoms with E-state index in [1.165, 1.54) is 40.4 Å². The van der Waals surface area contributed by atoms with E-state index in [0.717, 1.165) is 0 Å². The number of benzene rings is 5. The number of aromatic hydroxyl groups is 1. The minimum absolute atomic E-state index is 0.00390. The molecule has 0 spiro atoms. The number of ether oxygens (including phenoxy) is 3. The number of fused-ring (bicyclic) bond motifs is 7. The van der Waals surface area contributed by atoms with Crippen LogP contribution in [0.3, 0.4) is 0 Å². The molecule has 10 nitrogen and oxygen atoms in total. The Hall–Kier alpha value is -5.09. The molecule has 6 aromatic rings. The van der Waals surface area contributed by atoms with Gasteiger partial charge in [0, 0.05) is 51.9 Å². The maximum absolute atomic E-state index is 14.4. The quantitative estimate of drug-likeness (QED) is 0.208. The van der Waals surface area contributed by atoms with Gasteiger partial charge in [0.1, 0.15) is 28.6 Å². The second-order valence-electron chi connectivity index (χ2n) is 11.4. The fraction of sp³-hybridized carbons (Fsp3) is 0.242. The Morgan fingerprint density at radius 1 is 0.744 bits per heavy atom. The van der Waals surface area contributed by atoms with Crippen LogP contribution < -0.4 is 35.7 Å². The minimum atomic E-state index is -1.44. The van der Waals surface area contributed by atoms with Crippen molar-refractivity contribution in [2.45, 2.75) is 32.3 Å². The highest BCUT2D eigenvalue weighted by atomic mass is 16.5. The Morgan fingerprint density at radius 3 is 2.09 bits per heavy atom. The Morgan fingerprint density at radius 2 is 1.42 bits per heavy atom. The Bertz CT molecular complexity index is 2470. The van der Waals surface area contributed by atoms with E-state index in [0.29, 0.717) is 10.9 Å². The normalized spacial score (nSPS) is 16.9. The summed E-state index contributed by atoms with van der Waals surface area (Å²) in [6.07, 6.45) is -0.237. The van der Waals surface area contributed by atoms with E-state index in [1.54, 1.807) is 19.1 Å². The highest BCUT2D eigenvalue weighted by molar-refractivity contribution is 6.29. The highest BCUT2D eigenvalue weighted by Crippen LogP contribution is 2.46. The summed E-state index contributed by atoms with van der Waals surface area (Å²) >= 11 is 0. The SMILES string of the molecule is COc1cc(OC)c2c(=O)c3c(c4c2c1oc1cc(=O)c2c(O)c5c(OC)cc(C)cc5c(=O)c2c14)CC(C)(O)CC=3O. The van der Waals surface area contributed by atoms with Gasteiger partial charge in [-0.15, -0.1) is 0 Å². The van der Waals surface area contributed by atoms with Crippen molar-refractivity contribution in [2.75, 3.05) is 21.3 Å². The third-order valence-electron chi connectivity index (χ3n) is 8.48. The molecule has 43 heavy (non-hydrogen) atoms. The third-order valence-corrected chi connectivity index (χ3v) is 8.48. The molecule has 0 amide bonds. The molecule has 3 N–H and O–H groups in total. The van der Waals surface area contributed by atoms with Gasteiger partial charge in [0.2, 0.25) is 5.43 Å². The van der Waals surface area contributed by atoms with Crippen molar-refractivity contribution in [3.8, 4) is 23.0 Å². The van der Waals surface area contributed by atoms with E-state index in [1.807, 2.05) is 0 Å². The van der Waals surface area contributed by atoms with Crippen molar-refractivity contribution in [3.63, 3.8) is 0 Å². The molecule has 0 saturated heterocycles. The van der Waals surface area contributed by atoms with Gasteiger partial charge < -0.3 is 33.9 Å². The average Bonchev–Trinajstić information content (AvgIpc) is 2.95. The van der Waals surface area contributed by atoms with Crippen LogP contribution in [0.15, 0.2) is 43.1 Å². The number of hydrogen-bond donors (Lipinski definition) is 3. The molecule has 0 bridgehead atoms. The molecule has 1 aliphatic rings. The van der Waals surface area contributed by atoms with Crippen molar-refractivity contribution in [2.24, 2.45) is 0 Å². The lowest BCUT2D eigenvalue weighted by Gasteiger charge is -2.29. The van der Waals surface area contributed by atoms with Crippen LogP contribution in [-0.2, 0) is 6.42 Å². The number of aryl methyl sites for hydroxylation is 1. The lowest BCUT2D eigenvalue weighted by atomic mass is 9.81. The molecule has 0 fully saturated rings. The van der Waals surface area contributed by atoms with Gasteiger partial charge in [-0.05, 0) is 37.1 Å². The van der Waals surface area contributed by atoms with E-state index in [9.17, 15) is 29.7 Å². The first-order valence-electron chi connectivity index (χ1n) is 13.5. The van der Waals surface area contributed by atoms with Gasteiger partial charge in [-0.3, -0.25) is 14.4 Å². The molecule has 218 valence electrons. The molecule has 7 rings (SSSR count). The number of hydrogen-bond acceptors (Lipinski definition) is 10. The highest BCUT2D eigenvalue weighted by Gasteiger charge is 2.35. The molecular weight excluding hydrogens is 556 g/mol. The maximum Gasteiger partial charge on any atom is 0.201 e. The summed E-state index contributed by atoms with van der Waals surface area (Å²) in [4.78, 5) is 42.1. The number of phenols is 1. The topological polar surface area (TPSA) is 153 Å². The van der Waals surface area contributed by atoms with Crippen molar-refractivity contribution in [1.82, 2.24) is 0 Å². The zero-order chi connectivity index (χ0) is 30.7. The molecule has 0 radical (unpaired) electrons. The van der Waals surface area contributed by atoms with Crippen LogP contribution in [0.2, 0.25) is 0 Å². The summed E-state index contributed by atoms with van der Waals surface area (Å²) in [5, 5.41) is 34.4. The fourth-order valence-electron chi connectivity index (χ4n) is 6.82. The van der Waals surface area contributed by atoms with Crippen molar-refractivity contribution in [3.05, 3.63) is 71.3 Å². The first kappa shape index (κ1) is 26.8. The van der Waals surface area contributed by atoms with Crippen LogP contribution >= 0.6 is 0 Å². The molecule has 0 saturated carbocycles. The van der Waals surface area contributed by atoms with Crippen LogP contribution in [0.5, 0.6) is 23.0 Å². The number of methoxy groups -OCH3 is 3. The monoisotopic (exact) mass is 582 g/mol. The smallest absolute Gasteiger partial charge is 0.201 e. The Kier molecular flexibility index (Phi) is 5.43. The second-order valence-corrected chi connectivity index (χ2v) is 11.4. The van der Waals surface area contributed by atoms with Gasteiger partial charge >= 0.3 is 0 Å². The van der Waals surface area contributed by atoms with Crippen LogP contribution in [0.4, 0.5) is 0 Å². The molecule has 0 aliphatic heterocycles. The average molecular weight is 583 g/mol. The zero-order valence-electron chi connectivity index (χ0n) is 23.9. The van der Waals surface area contributed by atoms with E-state index >= 15 is 0 Å². The van der Waals surface area contributed by atoms with Crippen LogP contribution in [0, 0.1) is 6.92 Å². The van der Waals surface area contributed by atoms with E-state index < -0.39 is 27.6 Å². The predicted molar refractivity (Wildman–Crippen MR) is 162 cm³/mol. The van der Waals surface area contributed by atoms with Crippen molar-refractivity contribution < 1.29 is 33.9 Å². The standard InChI is InChI=1S/C33H26O10/c1-12-6-13-22(17(7-12)40-3)31(38)24-15(34)8-19-25(27(24)29(13)36)23-14-10-33(2,39)11-16(35)21(14)30(37)26-18(41-4)9-20(42-5)32(43-19)28(23)26/h6-9,35,38-39H,10-11H2,1-5H3. The fourth-order valence-corrected chi connectivity index (χ4v) is 6.82. The number of rotatable bonds is 3. The van der Waals surface area contributed by atoms with Crippen molar-refractivity contribution >= 4 is 60.0 Å². The predicted octanol–water partition coefficient (Wildman–Crippen LogP) is 3.69. The van der Waals surface area contributed by atoms with Gasteiger partial charge in [0.15, 0.2) is 22.2 Å². The number of phenolic OH excluding ortho intramolecular Hbond substituents is 1. The van der Waals surface area contributed by atoms with Gasteiger partial charge in [0.05, 0.1) is 48.3 Å². The van der Waals surface area contributed by atoms with E-state index in [-0.39, 0.29) is 95.5 Å². The number of aliphatic hydroxyl groups excluding tert-OH is 1.